The van der Waals surface area contributed by atoms with Crippen LogP contribution in [0, 0.1) is 5.92 Å². The van der Waals surface area contributed by atoms with E-state index in [9.17, 15) is 9.90 Å². The number of rotatable bonds is 5. The van der Waals surface area contributed by atoms with E-state index in [2.05, 4.69) is 4.90 Å². The molecule has 3 aromatic rings. The Kier molecular flexibility index (Phi) is 5.24. The van der Waals surface area contributed by atoms with Crippen molar-refractivity contribution in [3.05, 3.63) is 41.7 Å². The third-order valence-corrected chi connectivity index (χ3v) is 5.70. The molecule has 1 fully saturated rings. The van der Waals surface area contributed by atoms with Gasteiger partial charge in [-0.15, -0.1) is 0 Å². The van der Waals surface area contributed by atoms with Gasteiger partial charge in [0.05, 0.1) is 30.9 Å². The van der Waals surface area contributed by atoms with E-state index < -0.39 is 5.97 Å². The van der Waals surface area contributed by atoms with Gasteiger partial charge in [0, 0.05) is 48.9 Å². The maximum Gasteiger partial charge on any atom is 0.306 e. The molecule has 152 valence electrons. The number of carbonyl (C=O) groups is 1. The summed E-state index contributed by atoms with van der Waals surface area (Å²) in [5.41, 5.74) is 3.36. The van der Waals surface area contributed by atoms with Crippen molar-refractivity contribution >= 4 is 28.9 Å². The van der Waals surface area contributed by atoms with Crippen LogP contribution in [-0.4, -0.2) is 47.8 Å². The summed E-state index contributed by atoms with van der Waals surface area (Å²) in [6, 6.07) is 7.58. The number of aromatic nitrogens is 2. The summed E-state index contributed by atoms with van der Waals surface area (Å²) in [5, 5.41) is 9.67. The number of anilines is 1. The minimum atomic E-state index is -0.704. The second-order valence-corrected chi connectivity index (χ2v) is 7.47. The predicted molar refractivity (Wildman–Crippen MR) is 111 cm³/mol. The minimum Gasteiger partial charge on any atom is -0.496 e. The minimum absolute atomic E-state index is 0.250. The molecular weight excluding hydrogens is 394 g/mol. The molecule has 0 radical (unpaired) electrons. The summed E-state index contributed by atoms with van der Waals surface area (Å²) < 4.78 is 12.7. The molecule has 0 amide bonds. The van der Waals surface area contributed by atoms with E-state index in [1.54, 1.807) is 26.4 Å². The summed E-state index contributed by atoms with van der Waals surface area (Å²) in [4.78, 5) is 18.1. The quantitative estimate of drug-likeness (QED) is 0.679. The van der Waals surface area contributed by atoms with Crippen molar-refractivity contribution in [2.45, 2.75) is 12.8 Å². The van der Waals surface area contributed by atoms with Crippen LogP contribution in [0.15, 0.2) is 36.7 Å². The molecule has 8 heteroatoms. The third kappa shape index (κ3) is 3.70. The Hall–Kier alpha value is -2.93. The molecule has 7 nitrogen and oxygen atoms in total. The zero-order valence-electron chi connectivity index (χ0n) is 16.3. The molecule has 1 aliphatic rings. The van der Waals surface area contributed by atoms with Crippen molar-refractivity contribution in [1.29, 1.82) is 0 Å². The highest BCUT2D eigenvalue weighted by molar-refractivity contribution is 6.32. The van der Waals surface area contributed by atoms with Crippen LogP contribution in [0.5, 0.6) is 11.5 Å². The highest BCUT2D eigenvalue weighted by atomic mass is 35.5. The van der Waals surface area contributed by atoms with Gasteiger partial charge in [-0.1, -0.05) is 11.6 Å². The van der Waals surface area contributed by atoms with Gasteiger partial charge >= 0.3 is 5.97 Å². The number of aliphatic carboxylic acids is 1. The van der Waals surface area contributed by atoms with Crippen LogP contribution in [0.2, 0.25) is 5.02 Å². The van der Waals surface area contributed by atoms with Crippen LogP contribution in [0.1, 0.15) is 12.8 Å². The first-order valence-corrected chi connectivity index (χ1v) is 9.76. The Bertz CT molecular complexity index is 1060. The number of halogens is 1. The lowest BCUT2D eigenvalue weighted by atomic mass is 9.97. The second-order valence-electron chi connectivity index (χ2n) is 7.06. The van der Waals surface area contributed by atoms with E-state index in [1.807, 2.05) is 28.9 Å². The molecule has 3 heterocycles. The van der Waals surface area contributed by atoms with E-state index in [0.29, 0.717) is 29.4 Å². The average Bonchev–Trinajstić information content (AvgIpc) is 3.16. The summed E-state index contributed by atoms with van der Waals surface area (Å²) in [7, 11) is 3.16. The number of hydrogen-bond acceptors (Lipinski definition) is 5. The number of carboxylic acids is 1. The van der Waals surface area contributed by atoms with Crippen LogP contribution in [0.3, 0.4) is 0 Å². The van der Waals surface area contributed by atoms with Crippen molar-refractivity contribution in [1.82, 2.24) is 9.38 Å². The molecule has 1 saturated heterocycles. The average molecular weight is 416 g/mol. The van der Waals surface area contributed by atoms with E-state index in [-0.39, 0.29) is 5.92 Å². The Morgan fingerprint density at radius 1 is 1.17 bits per heavy atom. The number of piperidine rings is 1. The van der Waals surface area contributed by atoms with Crippen LogP contribution in [0.25, 0.3) is 16.9 Å². The monoisotopic (exact) mass is 415 g/mol. The first-order valence-electron chi connectivity index (χ1n) is 9.38. The molecule has 1 N–H and O–H groups in total. The Labute approximate surface area is 173 Å². The lowest BCUT2D eigenvalue weighted by Crippen LogP contribution is -2.36. The van der Waals surface area contributed by atoms with Crippen LogP contribution in [0.4, 0.5) is 5.69 Å². The van der Waals surface area contributed by atoms with E-state index in [1.165, 1.54) is 0 Å². The molecule has 0 bridgehead atoms. The first-order chi connectivity index (χ1) is 14.0. The molecular formula is C21H22ClN3O4. The van der Waals surface area contributed by atoms with Crippen molar-refractivity contribution < 1.29 is 19.4 Å². The van der Waals surface area contributed by atoms with Crippen molar-refractivity contribution in [3.8, 4) is 22.8 Å². The number of nitrogens with zero attached hydrogens (tertiary/aromatic N) is 3. The molecule has 0 unspecified atom stereocenters. The van der Waals surface area contributed by atoms with Gasteiger partial charge in [-0.05, 0) is 25.0 Å². The number of hydrogen-bond donors (Lipinski definition) is 1. The molecule has 2 aromatic heterocycles. The number of carboxylic acid groups (broad SMARTS) is 1. The molecule has 1 aromatic carbocycles. The fourth-order valence-electron chi connectivity index (χ4n) is 3.74. The van der Waals surface area contributed by atoms with Gasteiger partial charge in [0.1, 0.15) is 17.1 Å². The molecule has 0 aliphatic carbocycles. The van der Waals surface area contributed by atoms with E-state index in [0.717, 1.165) is 35.7 Å². The normalized spacial score (nSPS) is 14.9. The second kappa shape index (κ2) is 7.83. The summed E-state index contributed by atoms with van der Waals surface area (Å²) in [6.07, 6.45) is 5.20. The molecule has 29 heavy (non-hydrogen) atoms. The highest BCUT2D eigenvalue weighted by Gasteiger charge is 2.25. The zero-order valence-corrected chi connectivity index (χ0v) is 17.0. The molecule has 0 saturated carbocycles. The van der Waals surface area contributed by atoms with Gasteiger partial charge in [0.15, 0.2) is 0 Å². The SMILES string of the molecule is COc1cc(OC)c(-c2cn3ccc(N4CCC(C(=O)O)CC4)cc3n2)cc1Cl. The van der Waals surface area contributed by atoms with Crippen LogP contribution in [-0.2, 0) is 4.79 Å². The molecule has 0 atom stereocenters. The lowest BCUT2D eigenvalue weighted by Gasteiger charge is -2.31. The van der Waals surface area contributed by atoms with E-state index in [4.69, 9.17) is 26.1 Å². The Morgan fingerprint density at radius 2 is 1.90 bits per heavy atom. The van der Waals surface area contributed by atoms with Gasteiger partial charge in [0.25, 0.3) is 0 Å². The first kappa shape index (κ1) is 19.4. The van der Waals surface area contributed by atoms with Gasteiger partial charge in [-0.3, -0.25) is 4.79 Å². The van der Waals surface area contributed by atoms with Crippen molar-refractivity contribution in [3.63, 3.8) is 0 Å². The van der Waals surface area contributed by atoms with Gasteiger partial charge < -0.3 is 23.9 Å². The standard InChI is InChI=1S/C21H22ClN3O4/c1-28-18-11-19(29-2)16(22)10-15(18)17-12-25-8-5-14(9-20(25)23-17)24-6-3-13(4-7-24)21(26)27/h5,8-13H,3-4,6-7H2,1-2H3,(H,26,27). The Morgan fingerprint density at radius 3 is 2.55 bits per heavy atom. The summed E-state index contributed by atoms with van der Waals surface area (Å²) in [5.74, 6) is 0.221. The van der Waals surface area contributed by atoms with Gasteiger partial charge in [-0.2, -0.15) is 0 Å². The highest BCUT2D eigenvalue weighted by Crippen LogP contribution is 2.38. The largest absolute Gasteiger partial charge is 0.496 e. The van der Waals surface area contributed by atoms with Gasteiger partial charge in [0.2, 0.25) is 0 Å². The fourth-order valence-corrected chi connectivity index (χ4v) is 3.98. The summed E-state index contributed by atoms with van der Waals surface area (Å²) in [6.45, 7) is 1.45. The zero-order chi connectivity index (χ0) is 20.5. The Balaban J connectivity index is 1.65. The number of pyridine rings is 1. The smallest absolute Gasteiger partial charge is 0.306 e. The maximum atomic E-state index is 11.2. The number of ether oxygens (including phenoxy) is 2. The predicted octanol–water partition coefficient (Wildman–Crippen LogP) is 3.97. The third-order valence-electron chi connectivity index (χ3n) is 5.40. The number of methoxy groups -OCH3 is 2. The van der Waals surface area contributed by atoms with Crippen LogP contribution >= 0.6 is 11.6 Å². The fraction of sp³-hybridized carbons (Fsp3) is 0.333. The summed E-state index contributed by atoms with van der Waals surface area (Å²) >= 11 is 6.30. The number of benzene rings is 1. The van der Waals surface area contributed by atoms with E-state index >= 15 is 0 Å². The van der Waals surface area contributed by atoms with Gasteiger partial charge in [-0.25, -0.2) is 4.98 Å². The maximum absolute atomic E-state index is 11.2. The lowest BCUT2D eigenvalue weighted by molar-refractivity contribution is -0.142. The topological polar surface area (TPSA) is 76.3 Å². The van der Waals surface area contributed by atoms with Crippen molar-refractivity contribution in [2.24, 2.45) is 5.92 Å². The molecule has 4 rings (SSSR count). The molecule has 0 spiro atoms. The molecule has 1 aliphatic heterocycles. The van der Waals surface area contributed by atoms with Crippen molar-refractivity contribution in [2.75, 3.05) is 32.2 Å². The number of fused-ring (bicyclic) bond motifs is 1. The van der Waals surface area contributed by atoms with Crippen LogP contribution < -0.4 is 14.4 Å². The number of imidazole rings is 1.